The van der Waals surface area contributed by atoms with Gasteiger partial charge in [-0.3, -0.25) is 0 Å². The van der Waals surface area contributed by atoms with Crippen LogP contribution < -0.4 is 5.32 Å². The first-order chi connectivity index (χ1) is 9.75. The van der Waals surface area contributed by atoms with E-state index in [-0.39, 0.29) is 6.10 Å². The first kappa shape index (κ1) is 15.4. The van der Waals surface area contributed by atoms with Gasteiger partial charge in [-0.2, -0.15) is 0 Å². The van der Waals surface area contributed by atoms with Crippen molar-refractivity contribution in [3.05, 3.63) is 35.9 Å². The zero-order valence-corrected chi connectivity index (χ0v) is 12.1. The van der Waals surface area contributed by atoms with Crippen LogP contribution in [0.5, 0.6) is 0 Å². The molecule has 1 heterocycles. The van der Waals surface area contributed by atoms with Crippen molar-refractivity contribution in [2.45, 2.75) is 38.1 Å². The van der Waals surface area contributed by atoms with Crippen LogP contribution in [0.4, 0.5) is 0 Å². The van der Waals surface area contributed by atoms with E-state index in [4.69, 9.17) is 9.47 Å². The third-order valence-corrected chi connectivity index (χ3v) is 3.58. The number of nitrogens with one attached hydrogen (secondary N) is 1. The fourth-order valence-electron chi connectivity index (χ4n) is 2.35. The Labute approximate surface area is 121 Å². The van der Waals surface area contributed by atoms with E-state index in [1.165, 1.54) is 0 Å². The first-order valence-electron chi connectivity index (χ1n) is 7.42. The van der Waals surface area contributed by atoms with Crippen LogP contribution in [0.1, 0.15) is 31.4 Å². The van der Waals surface area contributed by atoms with Crippen LogP contribution in [-0.4, -0.2) is 43.6 Å². The van der Waals surface area contributed by atoms with E-state index in [1.54, 1.807) is 0 Å². The highest BCUT2D eigenvalue weighted by Gasteiger charge is 2.15. The fourth-order valence-corrected chi connectivity index (χ4v) is 2.35. The molecule has 1 fully saturated rings. The van der Waals surface area contributed by atoms with Crippen LogP contribution >= 0.6 is 0 Å². The summed E-state index contributed by atoms with van der Waals surface area (Å²) >= 11 is 0. The molecule has 2 rings (SSSR count). The zero-order chi connectivity index (χ0) is 14.2. The number of benzene rings is 1. The van der Waals surface area contributed by atoms with E-state index in [0.717, 1.165) is 31.6 Å². The molecular formula is C16H25NO3. The Hall–Kier alpha value is -0.940. The molecule has 2 N–H and O–H groups in total. The van der Waals surface area contributed by atoms with E-state index >= 15 is 0 Å². The van der Waals surface area contributed by atoms with E-state index in [0.29, 0.717) is 19.3 Å². The van der Waals surface area contributed by atoms with Crippen LogP contribution in [-0.2, 0) is 9.47 Å². The summed E-state index contributed by atoms with van der Waals surface area (Å²) < 4.78 is 11.2. The lowest BCUT2D eigenvalue weighted by molar-refractivity contribution is -0.00321. The van der Waals surface area contributed by atoms with Crippen LogP contribution in [0.15, 0.2) is 30.3 Å². The second kappa shape index (κ2) is 8.37. The van der Waals surface area contributed by atoms with Gasteiger partial charge >= 0.3 is 0 Å². The second-order valence-electron chi connectivity index (χ2n) is 5.33. The summed E-state index contributed by atoms with van der Waals surface area (Å²) in [6.07, 6.45) is 2.09. The van der Waals surface area contributed by atoms with Crippen LogP contribution in [0.25, 0.3) is 0 Å². The predicted molar refractivity (Wildman–Crippen MR) is 78.7 cm³/mol. The lowest BCUT2D eigenvalue weighted by Gasteiger charge is -2.18. The van der Waals surface area contributed by atoms with Gasteiger partial charge in [-0.15, -0.1) is 0 Å². The Kier molecular flexibility index (Phi) is 6.47. The molecule has 1 aliphatic rings. The number of ether oxygens (including phenoxy) is 2. The minimum Gasteiger partial charge on any atom is -0.389 e. The maximum atomic E-state index is 9.89. The molecule has 0 aromatic heterocycles. The van der Waals surface area contributed by atoms with Crippen molar-refractivity contribution in [3.63, 3.8) is 0 Å². The molecule has 0 aliphatic carbocycles. The van der Waals surface area contributed by atoms with Crippen molar-refractivity contribution in [1.29, 1.82) is 0 Å². The molecule has 4 nitrogen and oxygen atoms in total. The van der Waals surface area contributed by atoms with Gasteiger partial charge in [0.2, 0.25) is 0 Å². The summed E-state index contributed by atoms with van der Waals surface area (Å²) in [6.45, 7) is 4.57. The highest BCUT2D eigenvalue weighted by atomic mass is 16.5. The van der Waals surface area contributed by atoms with E-state index in [9.17, 15) is 5.11 Å². The molecule has 0 radical (unpaired) electrons. The quantitative estimate of drug-likeness (QED) is 0.763. The standard InChI is InChI=1S/C16H25NO3/c1-13(14-6-3-2-4-7-14)20-12-15(18)10-17-11-16-8-5-9-19-16/h2-4,6-7,13,15-18H,5,8-12H2,1H3. The smallest absolute Gasteiger partial charge is 0.0897 e. The number of hydrogen-bond acceptors (Lipinski definition) is 4. The lowest BCUT2D eigenvalue weighted by Crippen LogP contribution is -2.35. The molecule has 1 aromatic rings. The second-order valence-corrected chi connectivity index (χ2v) is 5.33. The summed E-state index contributed by atoms with van der Waals surface area (Å²) in [5, 5.41) is 13.1. The monoisotopic (exact) mass is 279 g/mol. The van der Waals surface area contributed by atoms with Gasteiger partial charge in [0.05, 0.1) is 24.9 Å². The average Bonchev–Trinajstić information content (AvgIpc) is 2.99. The molecule has 1 aliphatic heterocycles. The Morgan fingerprint density at radius 3 is 2.90 bits per heavy atom. The van der Waals surface area contributed by atoms with Gasteiger partial charge in [0.1, 0.15) is 0 Å². The maximum absolute atomic E-state index is 9.89. The molecule has 4 heteroatoms. The normalized spacial score (nSPS) is 21.8. The maximum Gasteiger partial charge on any atom is 0.0897 e. The minimum absolute atomic E-state index is 0.00372. The van der Waals surface area contributed by atoms with Crippen molar-refractivity contribution in [3.8, 4) is 0 Å². The van der Waals surface area contributed by atoms with Gasteiger partial charge in [-0.05, 0) is 25.3 Å². The fraction of sp³-hybridized carbons (Fsp3) is 0.625. The third kappa shape index (κ3) is 5.21. The van der Waals surface area contributed by atoms with Gasteiger partial charge in [0, 0.05) is 19.7 Å². The number of rotatable bonds is 8. The molecule has 0 saturated carbocycles. The molecule has 0 bridgehead atoms. The molecule has 1 aromatic carbocycles. The first-order valence-corrected chi connectivity index (χ1v) is 7.42. The largest absolute Gasteiger partial charge is 0.389 e. The summed E-state index contributed by atoms with van der Waals surface area (Å²) in [5.74, 6) is 0. The predicted octanol–water partition coefficient (Wildman–Crippen LogP) is 1.89. The Bertz CT molecular complexity index is 365. The number of aliphatic hydroxyl groups excluding tert-OH is 1. The zero-order valence-electron chi connectivity index (χ0n) is 12.1. The molecule has 0 amide bonds. The molecule has 0 spiro atoms. The number of aliphatic hydroxyl groups is 1. The lowest BCUT2D eigenvalue weighted by atomic mass is 10.1. The van der Waals surface area contributed by atoms with Crippen LogP contribution in [0.2, 0.25) is 0 Å². The van der Waals surface area contributed by atoms with Gasteiger partial charge in [-0.1, -0.05) is 30.3 Å². The Morgan fingerprint density at radius 1 is 1.40 bits per heavy atom. The molecule has 1 saturated heterocycles. The van der Waals surface area contributed by atoms with Gasteiger partial charge in [-0.25, -0.2) is 0 Å². The molecular weight excluding hydrogens is 254 g/mol. The Balaban J connectivity index is 1.58. The SMILES string of the molecule is CC(OCC(O)CNCC1CCCO1)c1ccccc1. The van der Waals surface area contributed by atoms with Gasteiger partial charge in [0.25, 0.3) is 0 Å². The third-order valence-electron chi connectivity index (χ3n) is 3.58. The van der Waals surface area contributed by atoms with Crippen LogP contribution in [0.3, 0.4) is 0 Å². The van der Waals surface area contributed by atoms with Crippen LogP contribution in [0, 0.1) is 0 Å². The molecule has 20 heavy (non-hydrogen) atoms. The Morgan fingerprint density at radius 2 is 2.20 bits per heavy atom. The molecule has 3 unspecified atom stereocenters. The van der Waals surface area contributed by atoms with Crippen molar-refractivity contribution in [2.75, 3.05) is 26.3 Å². The average molecular weight is 279 g/mol. The minimum atomic E-state index is -0.484. The van der Waals surface area contributed by atoms with Gasteiger partial charge < -0.3 is 19.9 Å². The van der Waals surface area contributed by atoms with Crippen molar-refractivity contribution >= 4 is 0 Å². The summed E-state index contributed by atoms with van der Waals surface area (Å²) in [6, 6.07) is 10.0. The highest BCUT2D eigenvalue weighted by molar-refractivity contribution is 5.16. The highest BCUT2D eigenvalue weighted by Crippen LogP contribution is 2.16. The summed E-state index contributed by atoms with van der Waals surface area (Å²) in [4.78, 5) is 0. The molecule has 3 atom stereocenters. The summed E-state index contributed by atoms with van der Waals surface area (Å²) in [7, 11) is 0. The van der Waals surface area contributed by atoms with Crippen molar-refractivity contribution in [2.24, 2.45) is 0 Å². The topological polar surface area (TPSA) is 50.7 Å². The molecule has 112 valence electrons. The van der Waals surface area contributed by atoms with E-state index in [2.05, 4.69) is 5.32 Å². The van der Waals surface area contributed by atoms with Gasteiger partial charge in [0.15, 0.2) is 0 Å². The van der Waals surface area contributed by atoms with Crippen molar-refractivity contribution in [1.82, 2.24) is 5.32 Å². The number of hydrogen-bond donors (Lipinski definition) is 2. The van der Waals surface area contributed by atoms with E-state index < -0.39 is 6.10 Å². The van der Waals surface area contributed by atoms with Crippen molar-refractivity contribution < 1.29 is 14.6 Å². The summed E-state index contributed by atoms with van der Waals surface area (Å²) in [5.41, 5.74) is 1.13. The van der Waals surface area contributed by atoms with E-state index in [1.807, 2.05) is 37.3 Å².